The molecular formula is C40H26O. The van der Waals surface area contributed by atoms with Crippen LogP contribution in [0.25, 0.3) is 82.4 Å². The van der Waals surface area contributed by atoms with Gasteiger partial charge >= 0.3 is 0 Å². The SMILES string of the molecule is C1=Cc2c(oc3c(-c4c5ccccc5c(-c5cccc6ccccc56)c5ccccc45)c4ccccc4cc23)CC1. The molecule has 1 heterocycles. The fourth-order valence-electron chi connectivity index (χ4n) is 7.13. The second-order valence-corrected chi connectivity index (χ2v) is 11.1. The van der Waals surface area contributed by atoms with Crippen molar-refractivity contribution in [3.05, 3.63) is 139 Å². The molecule has 0 N–H and O–H groups in total. The summed E-state index contributed by atoms with van der Waals surface area (Å²) in [4.78, 5) is 0. The molecule has 41 heavy (non-hydrogen) atoms. The van der Waals surface area contributed by atoms with Crippen LogP contribution in [-0.4, -0.2) is 0 Å². The zero-order chi connectivity index (χ0) is 26.9. The molecule has 1 heteroatoms. The molecule has 9 rings (SSSR count). The zero-order valence-corrected chi connectivity index (χ0v) is 22.5. The van der Waals surface area contributed by atoms with Gasteiger partial charge in [0.25, 0.3) is 0 Å². The van der Waals surface area contributed by atoms with Crippen LogP contribution in [0.5, 0.6) is 0 Å². The van der Waals surface area contributed by atoms with Gasteiger partial charge in [0.05, 0.1) is 0 Å². The van der Waals surface area contributed by atoms with E-state index in [4.69, 9.17) is 4.42 Å². The molecule has 1 nitrogen and oxygen atoms in total. The highest BCUT2D eigenvalue weighted by atomic mass is 16.3. The molecule has 0 saturated carbocycles. The summed E-state index contributed by atoms with van der Waals surface area (Å²) in [6, 6.07) is 44.3. The maximum atomic E-state index is 6.80. The van der Waals surface area contributed by atoms with E-state index in [1.807, 2.05) is 0 Å². The molecule has 1 aliphatic carbocycles. The summed E-state index contributed by atoms with van der Waals surface area (Å²) >= 11 is 0. The highest BCUT2D eigenvalue weighted by Crippen LogP contribution is 2.49. The van der Waals surface area contributed by atoms with Gasteiger partial charge in [0.2, 0.25) is 0 Å². The third kappa shape index (κ3) is 3.24. The van der Waals surface area contributed by atoms with E-state index in [-0.39, 0.29) is 0 Å². The number of allylic oxidation sites excluding steroid dienone is 1. The van der Waals surface area contributed by atoms with Crippen LogP contribution >= 0.6 is 0 Å². The van der Waals surface area contributed by atoms with Crippen molar-refractivity contribution in [1.82, 2.24) is 0 Å². The second-order valence-electron chi connectivity index (χ2n) is 11.1. The van der Waals surface area contributed by atoms with Gasteiger partial charge in [-0.2, -0.15) is 0 Å². The highest BCUT2D eigenvalue weighted by molar-refractivity contribution is 6.28. The van der Waals surface area contributed by atoms with E-state index < -0.39 is 0 Å². The molecule has 0 atom stereocenters. The van der Waals surface area contributed by atoms with E-state index in [0.717, 1.165) is 24.2 Å². The van der Waals surface area contributed by atoms with Crippen molar-refractivity contribution in [1.29, 1.82) is 0 Å². The molecule has 0 bridgehead atoms. The molecule has 0 spiro atoms. The predicted octanol–water partition coefficient (Wildman–Crippen LogP) is 11.3. The molecule has 8 aromatic rings. The quantitative estimate of drug-likeness (QED) is 0.206. The van der Waals surface area contributed by atoms with Crippen molar-refractivity contribution in [2.45, 2.75) is 12.8 Å². The number of furan rings is 1. The fraction of sp³-hybridized carbons (Fsp3) is 0.0500. The first-order valence-electron chi connectivity index (χ1n) is 14.4. The average Bonchev–Trinajstić information content (AvgIpc) is 3.41. The van der Waals surface area contributed by atoms with Crippen molar-refractivity contribution in [2.24, 2.45) is 0 Å². The Morgan fingerprint density at radius 2 is 1.05 bits per heavy atom. The van der Waals surface area contributed by atoms with Gasteiger partial charge in [0.15, 0.2) is 0 Å². The van der Waals surface area contributed by atoms with Gasteiger partial charge in [-0.3, -0.25) is 0 Å². The Labute approximate surface area is 238 Å². The molecule has 0 unspecified atom stereocenters. The summed E-state index contributed by atoms with van der Waals surface area (Å²) in [5.74, 6) is 1.10. The smallest absolute Gasteiger partial charge is 0.143 e. The average molecular weight is 523 g/mol. The summed E-state index contributed by atoms with van der Waals surface area (Å²) < 4.78 is 6.80. The third-order valence-electron chi connectivity index (χ3n) is 8.88. The largest absolute Gasteiger partial charge is 0.460 e. The molecule has 0 radical (unpaired) electrons. The van der Waals surface area contributed by atoms with E-state index in [2.05, 4.69) is 133 Å². The Bertz CT molecular complexity index is 2300. The number of hydrogen-bond acceptors (Lipinski definition) is 1. The molecule has 192 valence electrons. The standard InChI is InChI=1S/C40H26O/c1-3-15-27-25(12-1)14-11-22-30(27)37-31-18-5-7-20-33(31)38(34-21-8-6-19-32(34)37)39-28-16-4-2-13-26(28)24-35-29-17-9-10-23-36(29)41-40(35)39/h1-9,11-22,24H,10,23H2. The summed E-state index contributed by atoms with van der Waals surface area (Å²) in [6.45, 7) is 0. The van der Waals surface area contributed by atoms with Crippen molar-refractivity contribution in [3.63, 3.8) is 0 Å². The van der Waals surface area contributed by atoms with Gasteiger partial charge in [0, 0.05) is 28.5 Å². The zero-order valence-electron chi connectivity index (χ0n) is 22.5. The molecule has 1 aliphatic rings. The lowest BCUT2D eigenvalue weighted by atomic mass is 9.83. The minimum Gasteiger partial charge on any atom is -0.460 e. The van der Waals surface area contributed by atoms with E-state index in [1.54, 1.807) is 0 Å². The van der Waals surface area contributed by atoms with Crippen LogP contribution in [0.4, 0.5) is 0 Å². The maximum Gasteiger partial charge on any atom is 0.143 e. The van der Waals surface area contributed by atoms with Crippen LogP contribution in [0, 0.1) is 0 Å². The minimum absolute atomic E-state index is 0.942. The van der Waals surface area contributed by atoms with Gasteiger partial charge < -0.3 is 4.42 Å². The third-order valence-corrected chi connectivity index (χ3v) is 8.88. The lowest BCUT2D eigenvalue weighted by Gasteiger charge is -2.20. The molecule has 0 saturated heterocycles. The van der Waals surface area contributed by atoms with Crippen LogP contribution in [0.2, 0.25) is 0 Å². The van der Waals surface area contributed by atoms with E-state index in [1.165, 1.54) is 76.3 Å². The maximum absolute atomic E-state index is 6.80. The van der Waals surface area contributed by atoms with Gasteiger partial charge in [0.1, 0.15) is 11.3 Å². The summed E-state index contributed by atoms with van der Waals surface area (Å²) in [5, 5.41) is 11.2. The Kier molecular flexibility index (Phi) is 4.80. The number of benzene rings is 7. The number of hydrogen-bond donors (Lipinski definition) is 0. The molecule has 7 aromatic carbocycles. The number of fused-ring (bicyclic) bond motifs is 7. The van der Waals surface area contributed by atoms with Crippen LogP contribution in [0.1, 0.15) is 17.7 Å². The second kappa shape index (κ2) is 8.68. The van der Waals surface area contributed by atoms with Crippen molar-refractivity contribution >= 4 is 60.1 Å². The van der Waals surface area contributed by atoms with Crippen molar-refractivity contribution < 1.29 is 4.42 Å². The van der Waals surface area contributed by atoms with Gasteiger partial charge in [-0.15, -0.1) is 0 Å². The van der Waals surface area contributed by atoms with Gasteiger partial charge in [-0.1, -0.05) is 127 Å². The Morgan fingerprint density at radius 1 is 0.463 bits per heavy atom. The van der Waals surface area contributed by atoms with E-state index >= 15 is 0 Å². The van der Waals surface area contributed by atoms with Crippen LogP contribution < -0.4 is 0 Å². The molecule has 0 amide bonds. The highest BCUT2D eigenvalue weighted by Gasteiger charge is 2.24. The lowest BCUT2D eigenvalue weighted by molar-refractivity contribution is 0.547. The van der Waals surface area contributed by atoms with Crippen LogP contribution in [0.15, 0.2) is 132 Å². The van der Waals surface area contributed by atoms with E-state index in [0.29, 0.717) is 0 Å². The predicted molar refractivity (Wildman–Crippen MR) is 174 cm³/mol. The Balaban J connectivity index is 1.51. The van der Waals surface area contributed by atoms with Crippen molar-refractivity contribution in [3.8, 4) is 22.3 Å². The fourth-order valence-corrected chi connectivity index (χ4v) is 7.13. The molecule has 0 fully saturated rings. The normalized spacial score (nSPS) is 13.1. The molecular weight excluding hydrogens is 496 g/mol. The number of aryl methyl sites for hydroxylation is 1. The summed E-state index contributed by atoms with van der Waals surface area (Å²) in [7, 11) is 0. The topological polar surface area (TPSA) is 13.1 Å². The Hall–Kier alpha value is -5.14. The van der Waals surface area contributed by atoms with Gasteiger partial charge in [-0.05, 0) is 66.7 Å². The first-order chi connectivity index (χ1) is 20.4. The lowest BCUT2D eigenvalue weighted by Crippen LogP contribution is -1.93. The van der Waals surface area contributed by atoms with Gasteiger partial charge in [-0.25, -0.2) is 0 Å². The Morgan fingerprint density at radius 3 is 1.78 bits per heavy atom. The first kappa shape index (κ1) is 22.7. The van der Waals surface area contributed by atoms with Crippen LogP contribution in [-0.2, 0) is 6.42 Å². The number of rotatable bonds is 2. The molecule has 1 aromatic heterocycles. The monoisotopic (exact) mass is 522 g/mol. The van der Waals surface area contributed by atoms with Crippen molar-refractivity contribution in [2.75, 3.05) is 0 Å². The molecule has 0 aliphatic heterocycles. The summed E-state index contributed by atoms with van der Waals surface area (Å²) in [5.41, 5.74) is 7.22. The van der Waals surface area contributed by atoms with E-state index in [9.17, 15) is 0 Å². The minimum atomic E-state index is 0.942. The van der Waals surface area contributed by atoms with Crippen LogP contribution in [0.3, 0.4) is 0 Å². The summed E-state index contributed by atoms with van der Waals surface area (Å²) in [6.07, 6.45) is 6.49. The first-order valence-corrected chi connectivity index (χ1v) is 14.4.